The van der Waals surface area contributed by atoms with Gasteiger partial charge in [-0.2, -0.15) is 0 Å². The van der Waals surface area contributed by atoms with Crippen LogP contribution in [0.4, 0.5) is 0 Å². The van der Waals surface area contributed by atoms with E-state index in [1.807, 2.05) is 20.8 Å². The smallest absolute Gasteiger partial charge is 0.187 e. The first kappa shape index (κ1) is 35.4. The zero-order valence-corrected chi connectivity index (χ0v) is 28.7. The van der Waals surface area contributed by atoms with Crippen LogP contribution in [0.1, 0.15) is 107 Å². The molecule has 1 saturated heterocycles. The number of ether oxygens (including phenoxy) is 2. The second-order valence-electron chi connectivity index (χ2n) is 17.3. The Bertz CT molecular complexity index is 1150. The van der Waals surface area contributed by atoms with Crippen LogP contribution in [0.25, 0.3) is 0 Å². The average molecular weight is 637 g/mol. The van der Waals surface area contributed by atoms with E-state index in [4.69, 9.17) is 9.47 Å². The Kier molecular flexibility index (Phi) is 9.36. The summed E-state index contributed by atoms with van der Waals surface area (Å²) in [6.07, 6.45) is -0.745. The van der Waals surface area contributed by atoms with E-state index >= 15 is 0 Å². The summed E-state index contributed by atoms with van der Waals surface area (Å²) in [6, 6.07) is 0. The third kappa shape index (κ3) is 5.31. The third-order valence-electron chi connectivity index (χ3n) is 14.2. The molecule has 4 saturated carbocycles. The molecule has 5 fully saturated rings. The summed E-state index contributed by atoms with van der Waals surface area (Å²) in [6.45, 7) is 16.4. The molecule has 258 valence electrons. The van der Waals surface area contributed by atoms with Gasteiger partial charge in [0.2, 0.25) is 0 Å². The molecule has 4 aliphatic carbocycles. The maximum Gasteiger partial charge on any atom is 0.187 e. The molecule has 1 heterocycles. The van der Waals surface area contributed by atoms with Gasteiger partial charge in [-0.25, -0.2) is 0 Å². The largest absolute Gasteiger partial charge is 0.394 e. The zero-order valence-electron chi connectivity index (χ0n) is 28.7. The standard InChI is InChI=1S/C36H60O9/c1-19(2)10-9-13-36(8,45-31-29(43)28(42)27(41)23(18-37)44-31)20-11-15-34(6)26(20)21(38)16-24-33(5)14-12-25(40)32(3,4)30(33)22(39)17-35(24,34)7/h10,20,22-31,37,39-43H,9,11-18H2,1-8H3/t20-,22-,23+,24-,25+,26+,27+,28-,29+,30-,31-,33+,34-,35+,36+/m1/s1. The van der Waals surface area contributed by atoms with Gasteiger partial charge in [-0.05, 0) is 105 Å². The zero-order chi connectivity index (χ0) is 33.5. The molecule has 45 heavy (non-hydrogen) atoms. The van der Waals surface area contributed by atoms with Gasteiger partial charge in [-0.1, -0.05) is 46.3 Å². The van der Waals surface area contributed by atoms with Gasteiger partial charge in [0.1, 0.15) is 30.2 Å². The fraction of sp³-hybridized carbons (Fsp3) is 0.917. The molecule has 1 aliphatic heterocycles. The molecule has 9 heteroatoms. The lowest BCUT2D eigenvalue weighted by Gasteiger charge is -2.70. The van der Waals surface area contributed by atoms with Crippen molar-refractivity contribution in [3.05, 3.63) is 11.6 Å². The summed E-state index contributed by atoms with van der Waals surface area (Å²) in [5.41, 5.74) is -1.27. The first-order valence-electron chi connectivity index (χ1n) is 17.3. The van der Waals surface area contributed by atoms with Gasteiger partial charge in [0, 0.05) is 12.3 Å². The van der Waals surface area contributed by atoms with Gasteiger partial charge in [-0.3, -0.25) is 4.79 Å². The van der Waals surface area contributed by atoms with Crippen molar-refractivity contribution in [2.45, 2.75) is 155 Å². The Morgan fingerprint density at radius 2 is 1.64 bits per heavy atom. The first-order valence-corrected chi connectivity index (χ1v) is 17.3. The molecule has 0 aromatic rings. The Morgan fingerprint density at radius 1 is 0.978 bits per heavy atom. The Balaban J connectivity index is 1.51. The lowest BCUT2D eigenvalue weighted by atomic mass is 9.34. The van der Waals surface area contributed by atoms with E-state index in [-0.39, 0.29) is 40.3 Å². The second kappa shape index (κ2) is 11.9. The number of rotatable bonds is 7. The van der Waals surface area contributed by atoms with Crippen molar-refractivity contribution in [3.8, 4) is 0 Å². The summed E-state index contributed by atoms with van der Waals surface area (Å²) in [4.78, 5) is 14.6. The third-order valence-corrected chi connectivity index (χ3v) is 14.2. The minimum Gasteiger partial charge on any atom is -0.394 e. The normalized spacial score (nSPS) is 50.6. The number of allylic oxidation sites excluding steroid dienone is 2. The van der Waals surface area contributed by atoms with E-state index in [1.165, 1.54) is 0 Å². The van der Waals surface area contributed by atoms with E-state index in [1.54, 1.807) is 0 Å². The number of hydrogen-bond acceptors (Lipinski definition) is 9. The second-order valence-corrected chi connectivity index (χ2v) is 17.3. The minimum absolute atomic E-state index is 0.0703. The average Bonchev–Trinajstić information content (AvgIpc) is 3.33. The highest BCUT2D eigenvalue weighted by molar-refractivity contribution is 5.84. The highest BCUT2D eigenvalue weighted by Gasteiger charge is 2.73. The van der Waals surface area contributed by atoms with Crippen LogP contribution in [0.2, 0.25) is 0 Å². The van der Waals surface area contributed by atoms with Gasteiger partial charge in [-0.15, -0.1) is 0 Å². The van der Waals surface area contributed by atoms with Crippen molar-refractivity contribution in [3.63, 3.8) is 0 Å². The van der Waals surface area contributed by atoms with Crippen molar-refractivity contribution >= 4 is 5.78 Å². The highest BCUT2D eigenvalue weighted by Crippen LogP contribution is 2.75. The van der Waals surface area contributed by atoms with Crippen LogP contribution in [0, 0.1) is 45.3 Å². The molecule has 0 aromatic heterocycles. The van der Waals surface area contributed by atoms with Crippen LogP contribution < -0.4 is 0 Å². The lowest BCUT2D eigenvalue weighted by Crippen LogP contribution is -2.69. The van der Waals surface area contributed by atoms with Gasteiger partial charge >= 0.3 is 0 Å². The Hall–Kier alpha value is -0.910. The molecule has 6 N–H and O–H groups in total. The van der Waals surface area contributed by atoms with Crippen molar-refractivity contribution in [2.24, 2.45) is 45.3 Å². The van der Waals surface area contributed by atoms with Crippen molar-refractivity contribution in [1.29, 1.82) is 0 Å². The summed E-state index contributed by atoms with van der Waals surface area (Å²) in [5, 5.41) is 64.6. The molecular formula is C36H60O9. The summed E-state index contributed by atoms with van der Waals surface area (Å²) in [7, 11) is 0. The molecular weight excluding hydrogens is 576 g/mol. The molecule has 15 atom stereocenters. The van der Waals surface area contributed by atoms with Crippen molar-refractivity contribution in [1.82, 2.24) is 0 Å². The van der Waals surface area contributed by atoms with E-state index < -0.39 is 66.0 Å². The first-order chi connectivity index (χ1) is 20.8. The molecule has 0 unspecified atom stereocenters. The quantitative estimate of drug-likeness (QED) is 0.230. The number of ketones is 1. The molecule has 0 amide bonds. The Morgan fingerprint density at radius 3 is 2.27 bits per heavy atom. The van der Waals surface area contributed by atoms with E-state index in [9.17, 15) is 35.4 Å². The van der Waals surface area contributed by atoms with E-state index in [0.29, 0.717) is 32.1 Å². The lowest BCUT2D eigenvalue weighted by molar-refractivity contribution is -0.333. The maximum atomic E-state index is 14.6. The Labute approximate surface area is 269 Å². The van der Waals surface area contributed by atoms with Gasteiger partial charge in [0.05, 0.1) is 24.4 Å². The monoisotopic (exact) mass is 636 g/mol. The van der Waals surface area contributed by atoms with Crippen molar-refractivity contribution in [2.75, 3.05) is 6.61 Å². The number of hydrogen-bond donors (Lipinski definition) is 6. The molecule has 0 spiro atoms. The summed E-state index contributed by atoms with van der Waals surface area (Å²) < 4.78 is 12.5. The fourth-order valence-corrected chi connectivity index (χ4v) is 11.7. The minimum atomic E-state index is -1.55. The van der Waals surface area contributed by atoms with Crippen LogP contribution in [-0.2, 0) is 14.3 Å². The topological polar surface area (TPSA) is 157 Å². The number of fused-ring (bicyclic) bond motifs is 5. The number of carbonyl (C=O) groups is 1. The highest BCUT2D eigenvalue weighted by atomic mass is 16.7. The van der Waals surface area contributed by atoms with Crippen LogP contribution in [0.5, 0.6) is 0 Å². The van der Waals surface area contributed by atoms with Crippen LogP contribution >= 0.6 is 0 Å². The molecule has 5 rings (SSSR count). The number of Topliss-reactive ketones (excluding diaryl/α,β-unsaturated/α-hetero) is 1. The summed E-state index contributed by atoms with van der Waals surface area (Å²) in [5.74, 6) is -0.372. The van der Waals surface area contributed by atoms with Gasteiger partial charge in [0.15, 0.2) is 6.29 Å². The van der Waals surface area contributed by atoms with E-state index in [0.717, 1.165) is 24.8 Å². The van der Waals surface area contributed by atoms with Crippen LogP contribution in [0.15, 0.2) is 11.6 Å². The predicted molar refractivity (Wildman–Crippen MR) is 169 cm³/mol. The van der Waals surface area contributed by atoms with E-state index in [2.05, 4.69) is 40.7 Å². The number of aliphatic hydroxyl groups excluding tert-OH is 6. The molecule has 0 aromatic carbocycles. The predicted octanol–water partition coefficient (Wildman–Crippen LogP) is 3.50. The molecule has 0 radical (unpaired) electrons. The number of aliphatic hydroxyl groups is 6. The van der Waals surface area contributed by atoms with Gasteiger partial charge in [0.25, 0.3) is 0 Å². The molecule has 9 nitrogen and oxygen atoms in total. The summed E-state index contributed by atoms with van der Waals surface area (Å²) >= 11 is 0. The van der Waals surface area contributed by atoms with Crippen LogP contribution in [-0.4, -0.2) is 91.5 Å². The van der Waals surface area contributed by atoms with Gasteiger partial charge < -0.3 is 40.1 Å². The number of carbonyl (C=O) groups excluding carboxylic acids is 1. The SMILES string of the molecule is CC(C)=CCC[C@](C)(O[C@H]1O[C@@H](CO)[C@H](O)[C@@H](O)[C@@H]1O)[C@@H]1CC[C@]2(C)[C@@H]1C(=O)C[C@@H]1[C@]3(C)CC[C@H](O)C(C)(C)[C@H]3[C@H](O)C[C@@]12C. The molecule has 5 aliphatic rings. The van der Waals surface area contributed by atoms with Crippen LogP contribution in [0.3, 0.4) is 0 Å². The van der Waals surface area contributed by atoms with Crippen molar-refractivity contribution < 1.29 is 44.9 Å². The maximum absolute atomic E-state index is 14.6. The fourth-order valence-electron chi connectivity index (χ4n) is 11.7. The molecule has 0 bridgehead atoms.